The number of rotatable bonds is 7. The average Bonchev–Trinajstić information content (AvgIpc) is 3.00. The predicted octanol–water partition coefficient (Wildman–Crippen LogP) is 2.48. The van der Waals surface area contributed by atoms with Crippen molar-refractivity contribution in [2.24, 2.45) is 0 Å². The minimum atomic E-state index is -0.621. The molecule has 1 amide bonds. The van der Waals surface area contributed by atoms with Gasteiger partial charge in [-0.1, -0.05) is 30.3 Å². The highest BCUT2D eigenvalue weighted by molar-refractivity contribution is 7.12. The maximum atomic E-state index is 11.5. The Hall–Kier alpha value is -1.69. The monoisotopic (exact) mass is 305 g/mol. The molecule has 0 aliphatic heterocycles. The van der Waals surface area contributed by atoms with Crippen LogP contribution in [0, 0.1) is 0 Å². The summed E-state index contributed by atoms with van der Waals surface area (Å²) in [7, 11) is 0. The van der Waals surface area contributed by atoms with E-state index in [9.17, 15) is 9.90 Å². The van der Waals surface area contributed by atoms with Crippen LogP contribution in [0.25, 0.3) is 0 Å². The fourth-order valence-electron chi connectivity index (χ4n) is 1.87. The Morgan fingerprint density at radius 3 is 2.76 bits per heavy atom. The van der Waals surface area contributed by atoms with Gasteiger partial charge in [-0.05, 0) is 24.6 Å². The molecule has 0 fully saturated rings. The van der Waals surface area contributed by atoms with Crippen LogP contribution in [0.5, 0.6) is 0 Å². The summed E-state index contributed by atoms with van der Waals surface area (Å²) in [6.45, 7) is 2.92. The van der Waals surface area contributed by atoms with Crippen molar-refractivity contribution in [2.45, 2.75) is 19.6 Å². The minimum Gasteiger partial charge on any atom is -0.383 e. The Morgan fingerprint density at radius 2 is 2.05 bits per heavy atom. The third-order valence-corrected chi connectivity index (χ3v) is 4.10. The van der Waals surface area contributed by atoms with E-state index in [0.717, 1.165) is 15.3 Å². The zero-order valence-corrected chi connectivity index (χ0v) is 12.7. The summed E-state index contributed by atoms with van der Waals surface area (Å²) >= 11 is 1.50. The Morgan fingerprint density at radius 1 is 1.29 bits per heavy atom. The van der Waals surface area contributed by atoms with Crippen LogP contribution in [0.2, 0.25) is 0 Å². The molecule has 1 aromatic carbocycles. The first-order valence-electron chi connectivity index (χ1n) is 6.86. The molecule has 1 atom stereocenters. The van der Waals surface area contributed by atoms with Crippen LogP contribution in [-0.4, -0.2) is 24.2 Å². The summed E-state index contributed by atoms with van der Waals surface area (Å²) in [6, 6.07) is 13.3. The molecule has 2 N–H and O–H groups in total. The number of carbonyl (C=O) groups excluding carboxylic acids is 1. The smallest absolute Gasteiger partial charge is 0.246 e. The molecule has 5 heteroatoms. The van der Waals surface area contributed by atoms with Gasteiger partial charge in [-0.15, -0.1) is 11.3 Å². The first-order valence-corrected chi connectivity index (χ1v) is 7.68. The molecule has 112 valence electrons. The lowest BCUT2D eigenvalue weighted by atomic mass is 10.1. The molecule has 0 aliphatic carbocycles. The quantitative estimate of drug-likeness (QED) is 0.826. The van der Waals surface area contributed by atoms with E-state index < -0.39 is 6.10 Å². The Kier molecular flexibility index (Phi) is 5.92. The number of aliphatic hydroxyl groups is 1. The van der Waals surface area contributed by atoms with Crippen molar-refractivity contribution < 1.29 is 14.6 Å². The molecule has 21 heavy (non-hydrogen) atoms. The molecule has 2 aromatic rings. The summed E-state index contributed by atoms with van der Waals surface area (Å²) in [5.74, 6) is -0.129. The van der Waals surface area contributed by atoms with Gasteiger partial charge in [0.05, 0.1) is 6.54 Å². The zero-order chi connectivity index (χ0) is 15.1. The molecule has 1 unspecified atom stereocenters. The summed E-state index contributed by atoms with van der Waals surface area (Å²) in [6.07, 6.45) is -0.621. The van der Waals surface area contributed by atoms with Gasteiger partial charge in [0, 0.05) is 16.4 Å². The van der Waals surface area contributed by atoms with Crippen molar-refractivity contribution in [1.29, 1.82) is 0 Å². The minimum absolute atomic E-state index is 0.0847. The van der Waals surface area contributed by atoms with Gasteiger partial charge in [0.15, 0.2) is 0 Å². The average molecular weight is 305 g/mol. The van der Waals surface area contributed by atoms with Gasteiger partial charge in [-0.3, -0.25) is 4.79 Å². The third-order valence-electron chi connectivity index (χ3n) is 2.96. The fourth-order valence-corrected chi connectivity index (χ4v) is 2.83. The second-order valence-corrected chi connectivity index (χ2v) is 5.73. The van der Waals surface area contributed by atoms with Gasteiger partial charge in [0.2, 0.25) is 5.91 Å². The first kappa shape index (κ1) is 15.7. The van der Waals surface area contributed by atoms with Gasteiger partial charge < -0.3 is 15.2 Å². The van der Waals surface area contributed by atoms with E-state index in [4.69, 9.17) is 4.74 Å². The van der Waals surface area contributed by atoms with Crippen LogP contribution < -0.4 is 5.32 Å². The van der Waals surface area contributed by atoms with E-state index in [1.54, 1.807) is 0 Å². The molecule has 0 spiro atoms. The van der Waals surface area contributed by atoms with E-state index in [1.807, 2.05) is 49.4 Å². The predicted molar refractivity (Wildman–Crippen MR) is 83.2 cm³/mol. The van der Waals surface area contributed by atoms with Crippen molar-refractivity contribution in [3.8, 4) is 0 Å². The highest BCUT2D eigenvalue weighted by Crippen LogP contribution is 2.28. The van der Waals surface area contributed by atoms with E-state index in [1.165, 1.54) is 11.3 Å². The summed E-state index contributed by atoms with van der Waals surface area (Å²) in [5, 5.41) is 13.1. The molecule has 0 aliphatic rings. The highest BCUT2D eigenvalue weighted by atomic mass is 32.1. The van der Waals surface area contributed by atoms with Gasteiger partial charge in [0.25, 0.3) is 0 Å². The van der Waals surface area contributed by atoms with Crippen LogP contribution in [0.3, 0.4) is 0 Å². The summed E-state index contributed by atoms with van der Waals surface area (Å²) < 4.78 is 5.04. The Bertz CT molecular complexity index is 568. The van der Waals surface area contributed by atoms with Gasteiger partial charge in [-0.2, -0.15) is 0 Å². The maximum absolute atomic E-state index is 11.5. The van der Waals surface area contributed by atoms with Crippen molar-refractivity contribution in [1.82, 2.24) is 5.32 Å². The summed E-state index contributed by atoms with van der Waals surface area (Å²) in [4.78, 5) is 13.3. The van der Waals surface area contributed by atoms with Crippen molar-refractivity contribution in [3.05, 3.63) is 57.8 Å². The number of thiophene rings is 1. The van der Waals surface area contributed by atoms with E-state index in [2.05, 4.69) is 5.32 Å². The zero-order valence-electron chi connectivity index (χ0n) is 11.9. The van der Waals surface area contributed by atoms with Crippen LogP contribution in [0.1, 0.15) is 28.3 Å². The van der Waals surface area contributed by atoms with E-state index in [-0.39, 0.29) is 12.5 Å². The second-order valence-electron chi connectivity index (χ2n) is 4.53. The van der Waals surface area contributed by atoms with Crippen LogP contribution >= 0.6 is 11.3 Å². The number of ether oxygens (including phenoxy) is 1. The number of carbonyl (C=O) groups is 1. The maximum Gasteiger partial charge on any atom is 0.246 e. The Labute approximate surface area is 128 Å². The van der Waals surface area contributed by atoms with Crippen LogP contribution in [0.4, 0.5) is 0 Å². The number of hydrogen-bond acceptors (Lipinski definition) is 4. The number of benzene rings is 1. The second kappa shape index (κ2) is 7.93. The van der Waals surface area contributed by atoms with Gasteiger partial charge in [-0.25, -0.2) is 0 Å². The summed E-state index contributed by atoms with van der Waals surface area (Å²) in [5.41, 5.74) is 0.867. The standard InChI is InChI=1S/C16H19NO3S/c1-2-20-11-15(18)17-10-13-8-9-14(21-13)16(19)12-6-4-3-5-7-12/h3-9,16,19H,2,10-11H2,1H3,(H,17,18). The first-order chi connectivity index (χ1) is 10.2. The molecule has 0 saturated carbocycles. The lowest BCUT2D eigenvalue weighted by Crippen LogP contribution is -2.26. The lowest BCUT2D eigenvalue weighted by molar-refractivity contribution is -0.125. The molecule has 1 aromatic heterocycles. The number of aliphatic hydroxyl groups excluding tert-OH is 1. The molecule has 0 saturated heterocycles. The molecular weight excluding hydrogens is 286 g/mol. The van der Waals surface area contributed by atoms with Crippen molar-refractivity contribution in [2.75, 3.05) is 13.2 Å². The molecule has 4 nitrogen and oxygen atoms in total. The van der Waals surface area contributed by atoms with Gasteiger partial charge >= 0.3 is 0 Å². The number of amides is 1. The normalized spacial score (nSPS) is 12.1. The van der Waals surface area contributed by atoms with Crippen molar-refractivity contribution >= 4 is 17.2 Å². The van der Waals surface area contributed by atoms with E-state index >= 15 is 0 Å². The Balaban J connectivity index is 1.91. The molecule has 1 heterocycles. The molecular formula is C16H19NO3S. The van der Waals surface area contributed by atoms with Gasteiger partial charge in [0.1, 0.15) is 12.7 Å². The largest absolute Gasteiger partial charge is 0.383 e. The van der Waals surface area contributed by atoms with Crippen LogP contribution in [-0.2, 0) is 16.1 Å². The number of hydrogen-bond donors (Lipinski definition) is 2. The van der Waals surface area contributed by atoms with Crippen LogP contribution in [0.15, 0.2) is 42.5 Å². The molecule has 0 bridgehead atoms. The van der Waals surface area contributed by atoms with Crippen molar-refractivity contribution in [3.63, 3.8) is 0 Å². The molecule has 0 radical (unpaired) electrons. The fraction of sp³-hybridized carbons (Fsp3) is 0.312. The van der Waals surface area contributed by atoms with E-state index in [0.29, 0.717) is 13.2 Å². The lowest BCUT2D eigenvalue weighted by Gasteiger charge is -2.08. The highest BCUT2D eigenvalue weighted by Gasteiger charge is 2.12. The third kappa shape index (κ3) is 4.67. The molecule has 2 rings (SSSR count). The topological polar surface area (TPSA) is 58.6 Å². The number of nitrogens with one attached hydrogen (secondary N) is 1. The SMILES string of the molecule is CCOCC(=O)NCc1ccc(C(O)c2ccccc2)s1.